The Morgan fingerprint density at radius 3 is 2.65 bits per heavy atom. The van der Waals surface area contributed by atoms with E-state index in [0.29, 0.717) is 17.0 Å². The van der Waals surface area contributed by atoms with E-state index < -0.39 is 17.6 Å². The van der Waals surface area contributed by atoms with E-state index in [9.17, 15) is 14.7 Å². The Balaban J connectivity index is 1.52. The highest BCUT2D eigenvalue weighted by atomic mass is 16.5. The number of carbonyl (C=O) groups is 2. The SMILES string of the molecule is CN1C(=O)[C@H](NC(=O)c2cc(-c3ccccc3)ccn2)COc2ccc(C#CC(C)(C)O)cc21. The van der Waals surface area contributed by atoms with Gasteiger partial charge in [-0.2, -0.15) is 0 Å². The summed E-state index contributed by atoms with van der Waals surface area (Å²) in [6.45, 7) is 3.18. The van der Waals surface area contributed by atoms with E-state index in [1.54, 1.807) is 51.4 Å². The molecule has 1 aliphatic rings. The Morgan fingerprint density at radius 1 is 1.15 bits per heavy atom. The predicted octanol–water partition coefficient (Wildman–Crippen LogP) is 3.02. The molecule has 2 N–H and O–H groups in total. The minimum atomic E-state index is -1.13. The average Bonchev–Trinajstić information content (AvgIpc) is 2.95. The number of hydrogen-bond donors (Lipinski definition) is 2. The Bertz CT molecular complexity index is 1290. The molecule has 2 aromatic carbocycles. The Kier molecular flexibility index (Phi) is 6.35. The number of pyridine rings is 1. The van der Waals surface area contributed by atoms with Crippen molar-refractivity contribution < 1.29 is 19.4 Å². The van der Waals surface area contributed by atoms with Gasteiger partial charge in [0.1, 0.15) is 29.7 Å². The summed E-state index contributed by atoms with van der Waals surface area (Å²) >= 11 is 0. The lowest BCUT2D eigenvalue weighted by Gasteiger charge is -2.20. The van der Waals surface area contributed by atoms with Gasteiger partial charge in [0.15, 0.2) is 0 Å². The fourth-order valence-electron chi connectivity index (χ4n) is 3.50. The van der Waals surface area contributed by atoms with E-state index >= 15 is 0 Å². The van der Waals surface area contributed by atoms with Crippen molar-refractivity contribution in [3.8, 4) is 28.7 Å². The highest BCUT2D eigenvalue weighted by Gasteiger charge is 2.31. The first kappa shape index (κ1) is 23.0. The summed E-state index contributed by atoms with van der Waals surface area (Å²) in [5.41, 5.74) is 2.07. The minimum absolute atomic E-state index is 0.0189. The number of carbonyl (C=O) groups excluding carboxylic acids is 2. The van der Waals surface area contributed by atoms with Crippen molar-refractivity contribution in [2.75, 3.05) is 18.6 Å². The summed E-state index contributed by atoms with van der Waals surface area (Å²) in [5, 5.41) is 12.6. The number of likely N-dealkylation sites (N-methyl/N-ethyl adjacent to an activating group) is 1. The molecule has 34 heavy (non-hydrogen) atoms. The fourth-order valence-corrected chi connectivity index (χ4v) is 3.50. The van der Waals surface area contributed by atoms with Gasteiger partial charge < -0.3 is 20.1 Å². The number of hydrogen-bond acceptors (Lipinski definition) is 5. The first-order valence-electron chi connectivity index (χ1n) is 10.8. The number of nitrogens with zero attached hydrogens (tertiary/aromatic N) is 2. The van der Waals surface area contributed by atoms with Crippen LogP contribution in [0.3, 0.4) is 0 Å². The molecule has 1 aliphatic heterocycles. The molecule has 0 unspecified atom stereocenters. The van der Waals surface area contributed by atoms with Crippen LogP contribution in [0.2, 0.25) is 0 Å². The highest BCUT2D eigenvalue weighted by Crippen LogP contribution is 2.31. The van der Waals surface area contributed by atoms with Crippen LogP contribution in [-0.4, -0.2) is 47.2 Å². The van der Waals surface area contributed by atoms with Crippen LogP contribution in [0.4, 0.5) is 5.69 Å². The van der Waals surface area contributed by atoms with Gasteiger partial charge in [-0.25, -0.2) is 0 Å². The summed E-state index contributed by atoms with van der Waals surface area (Å²) < 4.78 is 5.84. The molecule has 7 nitrogen and oxygen atoms in total. The lowest BCUT2D eigenvalue weighted by molar-refractivity contribution is -0.120. The van der Waals surface area contributed by atoms with Gasteiger partial charge in [0.2, 0.25) is 0 Å². The summed E-state index contributed by atoms with van der Waals surface area (Å²) in [6, 6.07) is 17.5. The monoisotopic (exact) mass is 455 g/mol. The summed E-state index contributed by atoms with van der Waals surface area (Å²) in [6.07, 6.45) is 1.57. The van der Waals surface area contributed by atoms with Crippen LogP contribution >= 0.6 is 0 Å². The predicted molar refractivity (Wildman–Crippen MR) is 129 cm³/mol. The van der Waals surface area contributed by atoms with E-state index in [1.807, 2.05) is 36.4 Å². The third-order valence-electron chi connectivity index (χ3n) is 5.27. The average molecular weight is 456 g/mol. The summed E-state index contributed by atoms with van der Waals surface area (Å²) in [4.78, 5) is 31.7. The number of benzene rings is 2. The smallest absolute Gasteiger partial charge is 0.270 e. The van der Waals surface area contributed by atoms with Crippen LogP contribution in [0.25, 0.3) is 11.1 Å². The van der Waals surface area contributed by atoms with Crippen LogP contribution in [0.15, 0.2) is 66.9 Å². The van der Waals surface area contributed by atoms with Crippen molar-refractivity contribution in [2.45, 2.75) is 25.5 Å². The molecular formula is C27H25N3O4. The normalized spacial score (nSPS) is 15.4. The van der Waals surface area contributed by atoms with Gasteiger partial charge in [-0.05, 0) is 55.3 Å². The largest absolute Gasteiger partial charge is 0.489 e. The first-order chi connectivity index (χ1) is 16.2. The zero-order valence-electron chi connectivity index (χ0n) is 19.2. The van der Waals surface area contributed by atoms with E-state index in [4.69, 9.17) is 4.74 Å². The maximum absolute atomic E-state index is 13.1. The van der Waals surface area contributed by atoms with E-state index in [0.717, 1.165) is 11.1 Å². The molecule has 0 bridgehead atoms. The molecule has 2 heterocycles. The molecule has 0 spiro atoms. The maximum Gasteiger partial charge on any atom is 0.270 e. The molecule has 0 fully saturated rings. The number of aromatic nitrogens is 1. The molecular weight excluding hydrogens is 430 g/mol. The molecule has 0 radical (unpaired) electrons. The Labute approximate surface area is 198 Å². The number of amides is 2. The molecule has 0 aliphatic carbocycles. The van der Waals surface area contributed by atoms with Crippen LogP contribution in [0.5, 0.6) is 5.75 Å². The van der Waals surface area contributed by atoms with Crippen molar-refractivity contribution in [3.63, 3.8) is 0 Å². The zero-order valence-corrected chi connectivity index (χ0v) is 19.2. The highest BCUT2D eigenvalue weighted by molar-refractivity contribution is 6.03. The Morgan fingerprint density at radius 2 is 1.91 bits per heavy atom. The van der Waals surface area contributed by atoms with Crippen molar-refractivity contribution in [2.24, 2.45) is 0 Å². The number of anilines is 1. The van der Waals surface area contributed by atoms with E-state index in [2.05, 4.69) is 22.1 Å². The van der Waals surface area contributed by atoms with Gasteiger partial charge in [-0.1, -0.05) is 42.2 Å². The van der Waals surface area contributed by atoms with Gasteiger partial charge >= 0.3 is 0 Å². The van der Waals surface area contributed by atoms with Gasteiger partial charge in [0.25, 0.3) is 11.8 Å². The van der Waals surface area contributed by atoms with Crippen LogP contribution in [0, 0.1) is 11.8 Å². The van der Waals surface area contributed by atoms with Crippen LogP contribution in [-0.2, 0) is 4.79 Å². The molecule has 172 valence electrons. The standard InChI is InChI=1S/C27H25N3O4/c1-27(2,33)13-11-18-9-10-24-23(15-18)30(3)26(32)22(17-34-24)29-25(31)21-16-20(12-14-28-21)19-7-5-4-6-8-19/h4-10,12,14-16,22,33H,17H2,1-3H3,(H,29,31)/t22-/m1/s1. The summed E-state index contributed by atoms with van der Waals surface area (Å²) in [7, 11) is 1.62. The second-order valence-corrected chi connectivity index (χ2v) is 8.52. The first-order valence-corrected chi connectivity index (χ1v) is 10.8. The molecule has 1 aromatic heterocycles. The number of aliphatic hydroxyl groups is 1. The number of rotatable bonds is 3. The second kappa shape index (κ2) is 9.38. The second-order valence-electron chi connectivity index (χ2n) is 8.52. The lowest BCUT2D eigenvalue weighted by atomic mass is 10.1. The van der Waals surface area contributed by atoms with E-state index in [1.165, 1.54) is 4.90 Å². The van der Waals surface area contributed by atoms with Crippen molar-refractivity contribution in [1.82, 2.24) is 10.3 Å². The van der Waals surface area contributed by atoms with Gasteiger partial charge in [0, 0.05) is 18.8 Å². The topological polar surface area (TPSA) is 91.8 Å². The van der Waals surface area contributed by atoms with Gasteiger partial charge in [0.05, 0.1) is 5.69 Å². The quantitative estimate of drug-likeness (QED) is 0.593. The molecule has 2 amide bonds. The van der Waals surface area contributed by atoms with Gasteiger partial charge in [-0.3, -0.25) is 14.6 Å². The number of fused-ring (bicyclic) bond motifs is 1. The molecule has 3 aromatic rings. The van der Waals surface area contributed by atoms with Crippen LogP contribution in [0.1, 0.15) is 29.9 Å². The maximum atomic E-state index is 13.1. The molecule has 1 atom stereocenters. The number of ether oxygens (including phenoxy) is 1. The van der Waals surface area contributed by atoms with E-state index in [-0.39, 0.29) is 18.2 Å². The third-order valence-corrected chi connectivity index (χ3v) is 5.27. The molecule has 4 rings (SSSR count). The summed E-state index contributed by atoms with van der Waals surface area (Å²) in [5.74, 6) is 5.38. The van der Waals surface area contributed by atoms with Crippen LogP contribution < -0.4 is 15.0 Å². The van der Waals surface area contributed by atoms with Crippen molar-refractivity contribution in [3.05, 3.63) is 78.1 Å². The molecule has 0 saturated heterocycles. The zero-order chi connectivity index (χ0) is 24.3. The number of nitrogens with one attached hydrogen (secondary N) is 1. The van der Waals surface area contributed by atoms with Gasteiger partial charge in [-0.15, -0.1) is 0 Å². The van der Waals surface area contributed by atoms with Crippen molar-refractivity contribution >= 4 is 17.5 Å². The molecule has 0 saturated carbocycles. The Hall–Kier alpha value is -4.15. The fraction of sp³-hybridized carbons (Fsp3) is 0.222. The molecule has 7 heteroatoms. The third kappa shape index (κ3) is 5.25. The van der Waals surface area contributed by atoms with Crippen molar-refractivity contribution in [1.29, 1.82) is 0 Å². The lowest BCUT2D eigenvalue weighted by Crippen LogP contribution is -2.49. The minimum Gasteiger partial charge on any atom is -0.489 e.